The number of nitrogens with one attached hydrogen (secondary N) is 1. The highest BCUT2D eigenvalue weighted by molar-refractivity contribution is 9.10. The lowest BCUT2D eigenvalue weighted by Crippen LogP contribution is -2.31. The van der Waals surface area contributed by atoms with E-state index in [1.807, 2.05) is 13.0 Å². The maximum atomic E-state index is 8.93. The Kier molecular flexibility index (Phi) is 4.59. The SMILES string of the molecule is Cc1nc(NCCO)cc(N2CCc3cc(Br)ccc3C2)n1. The van der Waals surface area contributed by atoms with E-state index >= 15 is 0 Å². The Hall–Kier alpha value is -1.66. The van der Waals surface area contributed by atoms with E-state index in [0.717, 1.165) is 41.4 Å². The highest BCUT2D eigenvalue weighted by Crippen LogP contribution is 2.26. The summed E-state index contributed by atoms with van der Waals surface area (Å²) in [5.74, 6) is 2.43. The molecule has 1 aromatic carbocycles. The summed E-state index contributed by atoms with van der Waals surface area (Å²) in [6, 6.07) is 8.41. The largest absolute Gasteiger partial charge is 0.395 e. The maximum absolute atomic E-state index is 8.93. The summed E-state index contributed by atoms with van der Waals surface area (Å²) < 4.78 is 1.13. The molecule has 2 heterocycles. The van der Waals surface area contributed by atoms with Crippen molar-refractivity contribution in [3.8, 4) is 0 Å². The summed E-state index contributed by atoms with van der Waals surface area (Å²) in [5, 5.41) is 12.0. The first kappa shape index (κ1) is 15.2. The van der Waals surface area contributed by atoms with Gasteiger partial charge in [-0.1, -0.05) is 22.0 Å². The molecule has 0 atom stereocenters. The van der Waals surface area contributed by atoms with Crippen molar-refractivity contribution in [2.45, 2.75) is 19.9 Å². The number of benzene rings is 1. The number of anilines is 2. The number of aliphatic hydroxyl groups is 1. The highest BCUT2D eigenvalue weighted by Gasteiger charge is 2.18. The molecule has 0 aliphatic carbocycles. The maximum Gasteiger partial charge on any atom is 0.134 e. The monoisotopic (exact) mass is 362 g/mol. The lowest BCUT2D eigenvalue weighted by molar-refractivity contribution is 0.311. The van der Waals surface area contributed by atoms with E-state index in [9.17, 15) is 0 Å². The van der Waals surface area contributed by atoms with Crippen molar-refractivity contribution in [3.05, 3.63) is 45.7 Å². The molecule has 0 saturated carbocycles. The van der Waals surface area contributed by atoms with E-state index in [0.29, 0.717) is 6.54 Å². The third-order valence-corrected chi connectivity index (χ3v) is 4.24. The van der Waals surface area contributed by atoms with Crippen LogP contribution in [0, 0.1) is 6.92 Å². The normalized spacial score (nSPS) is 13.9. The number of rotatable bonds is 4. The zero-order chi connectivity index (χ0) is 15.5. The molecule has 3 rings (SSSR count). The number of hydrogen-bond donors (Lipinski definition) is 2. The molecule has 2 aromatic rings. The van der Waals surface area contributed by atoms with Gasteiger partial charge in [0.25, 0.3) is 0 Å². The zero-order valence-electron chi connectivity index (χ0n) is 12.5. The Labute approximate surface area is 138 Å². The fourth-order valence-electron chi connectivity index (χ4n) is 2.71. The first-order valence-electron chi connectivity index (χ1n) is 7.38. The molecule has 22 heavy (non-hydrogen) atoms. The van der Waals surface area contributed by atoms with Crippen molar-refractivity contribution >= 4 is 27.6 Å². The van der Waals surface area contributed by atoms with E-state index in [-0.39, 0.29) is 6.61 Å². The van der Waals surface area contributed by atoms with E-state index in [1.165, 1.54) is 11.1 Å². The van der Waals surface area contributed by atoms with Crippen LogP contribution < -0.4 is 10.2 Å². The Morgan fingerprint density at radius 2 is 2.14 bits per heavy atom. The molecule has 0 spiro atoms. The molecule has 0 bridgehead atoms. The zero-order valence-corrected chi connectivity index (χ0v) is 14.1. The summed E-state index contributed by atoms with van der Waals surface area (Å²) in [6.07, 6.45) is 1.01. The molecule has 0 amide bonds. The van der Waals surface area contributed by atoms with Crippen molar-refractivity contribution in [1.29, 1.82) is 0 Å². The predicted octanol–water partition coefficient (Wildman–Crippen LogP) is 2.51. The van der Waals surface area contributed by atoms with Crippen molar-refractivity contribution in [2.24, 2.45) is 0 Å². The molecule has 1 aromatic heterocycles. The topological polar surface area (TPSA) is 61.3 Å². The fourth-order valence-corrected chi connectivity index (χ4v) is 3.11. The van der Waals surface area contributed by atoms with Crippen molar-refractivity contribution < 1.29 is 5.11 Å². The second kappa shape index (κ2) is 6.62. The van der Waals surface area contributed by atoms with E-state index in [1.54, 1.807) is 0 Å². The molecule has 1 aliphatic rings. The third-order valence-electron chi connectivity index (χ3n) is 3.75. The average molecular weight is 363 g/mol. The Bertz CT molecular complexity index is 677. The molecule has 0 radical (unpaired) electrons. The lowest BCUT2D eigenvalue weighted by atomic mass is 10.00. The van der Waals surface area contributed by atoms with Crippen LogP contribution in [-0.4, -0.2) is 34.8 Å². The molecular weight excluding hydrogens is 344 g/mol. The number of fused-ring (bicyclic) bond motifs is 1. The van der Waals surface area contributed by atoms with Gasteiger partial charge < -0.3 is 15.3 Å². The molecule has 0 fully saturated rings. The van der Waals surface area contributed by atoms with Crippen LogP contribution in [0.3, 0.4) is 0 Å². The van der Waals surface area contributed by atoms with Crippen LogP contribution in [0.15, 0.2) is 28.7 Å². The number of aryl methyl sites for hydroxylation is 1. The first-order valence-corrected chi connectivity index (χ1v) is 8.17. The van der Waals surface area contributed by atoms with E-state index in [2.05, 4.69) is 54.3 Å². The average Bonchev–Trinajstić information content (AvgIpc) is 2.52. The van der Waals surface area contributed by atoms with Gasteiger partial charge in [0.05, 0.1) is 6.61 Å². The van der Waals surface area contributed by atoms with Crippen molar-refractivity contribution in [3.63, 3.8) is 0 Å². The van der Waals surface area contributed by atoms with Gasteiger partial charge >= 0.3 is 0 Å². The molecule has 1 aliphatic heterocycles. The van der Waals surface area contributed by atoms with Crippen LogP contribution in [0.5, 0.6) is 0 Å². The minimum Gasteiger partial charge on any atom is -0.395 e. The van der Waals surface area contributed by atoms with Crippen LogP contribution in [0.25, 0.3) is 0 Å². The van der Waals surface area contributed by atoms with Crippen LogP contribution in [0.1, 0.15) is 17.0 Å². The standard InChI is InChI=1S/C16H19BrN4O/c1-11-19-15(18-5-7-22)9-16(20-11)21-6-4-12-8-14(17)3-2-13(12)10-21/h2-3,8-9,22H,4-7,10H2,1H3,(H,18,19,20). The second-order valence-electron chi connectivity index (χ2n) is 5.39. The number of halogens is 1. The second-order valence-corrected chi connectivity index (χ2v) is 6.31. The van der Waals surface area contributed by atoms with Gasteiger partial charge in [-0.3, -0.25) is 0 Å². The van der Waals surface area contributed by atoms with E-state index in [4.69, 9.17) is 5.11 Å². The predicted molar refractivity (Wildman–Crippen MR) is 91.2 cm³/mol. The molecule has 0 saturated heterocycles. The van der Waals surface area contributed by atoms with Crippen molar-refractivity contribution in [1.82, 2.24) is 9.97 Å². The minimum atomic E-state index is 0.0876. The Morgan fingerprint density at radius 1 is 1.27 bits per heavy atom. The molecule has 6 heteroatoms. The Morgan fingerprint density at radius 3 is 2.95 bits per heavy atom. The number of aliphatic hydroxyl groups excluding tert-OH is 1. The van der Waals surface area contributed by atoms with Gasteiger partial charge in [-0.2, -0.15) is 0 Å². The molecule has 116 valence electrons. The first-order chi connectivity index (χ1) is 10.7. The summed E-state index contributed by atoms with van der Waals surface area (Å²) in [5.41, 5.74) is 2.74. The Balaban J connectivity index is 1.83. The fraction of sp³-hybridized carbons (Fsp3) is 0.375. The minimum absolute atomic E-state index is 0.0876. The van der Waals surface area contributed by atoms with Crippen LogP contribution in [-0.2, 0) is 13.0 Å². The summed E-state index contributed by atoms with van der Waals surface area (Å²) >= 11 is 3.53. The molecule has 0 unspecified atom stereocenters. The number of nitrogens with zero attached hydrogens (tertiary/aromatic N) is 3. The highest BCUT2D eigenvalue weighted by atomic mass is 79.9. The van der Waals surface area contributed by atoms with Gasteiger partial charge in [0, 0.05) is 30.2 Å². The number of aromatic nitrogens is 2. The van der Waals surface area contributed by atoms with Crippen LogP contribution in [0.2, 0.25) is 0 Å². The van der Waals surface area contributed by atoms with Crippen LogP contribution >= 0.6 is 15.9 Å². The smallest absolute Gasteiger partial charge is 0.134 e. The van der Waals surface area contributed by atoms with Gasteiger partial charge in [-0.15, -0.1) is 0 Å². The van der Waals surface area contributed by atoms with Gasteiger partial charge in [0.15, 0.2) is 0 Å². The molecule has 5 nitrogen and oxygen atoms in total. The van der Waals surface area contributed by atoms with Gasteiger partial charge in [0.2, 0.25) is 0 Å². The van der Waals surface area contributed by atoms with Crippen LogP contribution in [0.4, 0.5) is 11.6 Å². The van der Waals surface area contributed by atoms with Gasteiger partial charge in [-0.05, 0) is 36.6 Å². The molecule has 2 N–H and O–H groups in total. The summed E-state index contributed by atoms with van der Waals surface area (Å²) in [7, 11) is 0. The van der Waals surface area contributed by atoms with Gasteiger partial charge in [-0.25, -0.2) is 9.97 Å². The summed E-state index contributed by atoms with van der Waals surface area (Å²) in [4.78, 5) is 11.2. The number of hydrogen-bond acceptors (Lipinski definition) is 5. The quantitative estimate of drug-likeness (QED) is 0.874. The van der Waals surface area contributed by atoms with Gasteiger partial charge in [0.1, 0.15) is 17.5 Å². The lowest BCUT2D eigenvalue weighted by Gasteiger charge is -2.30. The third kappa shape index (κ3) is 3.39. The van der Waals surface area contributed by atoms with E-state index < -0.39 is 0 Å². The van der Waals surface area contributed by atoms with Crippen molar-refractivity contribution in [2.75, 3.05) is 29.9 Å². The molecular formula is C16H19BrN4O. The summed E-state index contributed by atoms with van der Waals surface area (Å²) in [6.45, 7) is 4.28.